The molecular weight excluding hydrogens is 590 g/mol. The summed E-state index contributed by atoms with van der Waals surface area (Å²) in [6.07, 6.45) is -1.86. The highest BCUT2D eigenvalue weighted by Gasteiger charge is 2.37. The lowest BCUT2D eigenvalue weighted by Gasteiger charge is -2.16. The molecule has 0 heterocycles. The average Bonchev–Trinajstić information content (AvgIpc) is 2.75. The Balaban J connectivity index is 0.000000371. The lowest BCUT2D eigenvalue weighted by Crippen LogP contribution is -2.33. The van der Waals surface area contributed by atoms with Crippen molar-refractivity contribution < 1.29 is 54.0 Å². The van der Waals surface area contributed by atoms with E-state index in [0.29, 0.717) is 0 Å². The Hall–Kier alpha value is -2.77. The van der Waals surface area contributed by atoms with Crippen LogP contribution in [0.15, 0.2) is 34.1 Å². The molecular formula is C20H16Cl4O11S. The Bertz CT molecular complexity index is 1130. The molecule has 2 aromatic carbocycles. The molecule has 0 aliphatic heterocycles. The molecule has 2 unspecified atom stereocenters. The minimum absolute atomic E-state index is 0.0452. The smallest absolute Gasteiger partial charge is 0.307 e. The van der Waals surface area contributed by atoms with Crippen molar-refractivity contribution in [3.63, 3.8) is 0 Å². The van der Waals surface area contributed by atoms with Gasteiger partial charge in [0.1, 0.15) is 0 Å². The van der Waals surface area contributed by atoms with Crippen molar-refractivity contribution in [3.05, 3.63) is 44.4 Å². The molecule has 16 heteroatoms. The van der Waals surface area contributed by atoms with Crippen LogP contribution in [0.5, 0.6) is 11.5 Å². The molecule has 0 aliphatic rings. The number of halogens is 4. The molecule has 0 bridgehead atoms. The summed E-state index contributed by atoms with van der Waals surface area (Å²) in [4.78, 5) is 41.8. The molecule has 0 radical (unpaired) electrons. The molecule has 196 valence electrons. The molecule has 0 amide bonds. The summed E-state index contributed by atoms with van der Waals surface area (Å²) >= 11 is 23.2. The Morgan fingerprint density at radius 1 is 0.667 bits per heavy atom. The fourth-order valence-electron chi connectivity index (χ4n) is 2.67. The van der Waals surface area contributed by atoms with Crippen LogP contribution in [-0.4, -0.2) is 58.7 Å². The SMILES string of the molecule is O=C(O)CC(C(=O)O)C(CC(=O)O)C(=O)O.O=S(c1cc(Cl)cc(Cl)c1O)c1cc(Cl)cc(Cl)c1O. The van der Waals surface area contributed by atoms with Gasteiger partial charge in [0.05, 0.1) is 55.3 Å². The van der Waals surface area contributed by atoms with E-state index in [1.807, 2.05) is 0 Å². The van der Waals surface area contributed by atoms with Crippen molar-refractivity contribution in [1.82, 2.24) is 0 Å². The van der Waals surface area contributed by atoms with Crippen molar-refractivity contribution in [2.75, 3.05) is 0 Å². The van der Waals surface area contributed by atoms with Gasteiger partial charge in [0.25, 0.3) is 0 Å². The standard InChI is InChI=1S/C12H6Cl4O3S.C8H10O8/c13-5-1-7(15)11(17)9(3-5)20(19)10-4-6(14)2-8(16)12(10)18;9-5(10)1-3(7(13)14)4(8(15)16)2-6(11)12/h1-4,17-18H;3-4H,1-2H2,(H,9,10)(H,11,12)(H,13,14)(H,15,16). The van der Waals surface area contributed by atoms with E-state index < -0.39 is 59.4 Å². The minimum atomic E-state index is -1.95. The summed E-state index contributed by atoms with van der Waals surface area (Å²) in [6, 6.07) is 5.19. The van der Waals surface area contributed by atoms with Crippen molar-refractivity contribution in [3.8, 4) is 11.5 Å². The molecule has 36 heavy (non-hydrogen) atoms. The maximum Gasteiger partial charge on any atom is 0.307 e. The zero-order valence-electron chi connectivity index (χ0n) is 17.5. The number of benzene rings is 2. The van der Waals surface area contributed by atoms with Crippen LogP contribution in [0.25, 0.3) is 0 Å². The molecule has 0 aliphatic carbocycles. The largest absolute Gasteiger partial charge is 0.505 e. The molecule has 2 aromatic rings. The van der Waals surface area contributed by atoms with Crippen molar-refractivity contribution in [2.24, 2.45) is 11.8 Å². The van der Waals surface area contributed by atoms with Crippen molar-refractivity contribution >= 4 is 81.1 Å². The normalized spacial score (nSPS) is 12.2. The van der Waals surface area contributed by atoms with E-state index in [1.54, 1.807) is 0 Å². The van der Waals surface area contributed by atoms with E-state index in [1.165, 1.54) is 24.3 Å². The second-order valence-corrected chi connectivity index (χ2v) is 9.93. The van der Waals surface area contributed by atoms with E-state index in [0.717, 1.165) is 0 Å². The lowest BCUT2D eigenvalue weighted by atomic mass is 9.87. The Morgan fingerprint density at radius 2 is 0.972 bits per heavy atom. The molecule has 0 spiro atoms. The third-order valence-corrected chi connectivity index (χ3v) is 6.73. The van der Waals surface area contributed by atoms with Gasteiger partial charge in [-0.3, -0.25) is 19.2 Å². The van der Waals surface area contributed by atoms with Gasteiger partial charge in [-0.25, -0.2) is 4.21 Å². The predicted octanol–water partition coefficient (Wildman–Crippen LogP) is 4.22. The van der Waals surface area contributed by atoms with Gasteiger partial charge < -0.3 is 30.6 Å². The van der Waals surface area contributed by atoms with Crippen LogP contribution >= 0.6 is 46.4 Å². The van der Waals surface area contributed by atoms with E-state index in [9.17, 15) is 33.6 Å². The summed E-state index contributed by atoms with van der Waals surface area (Å²) in [5.74, 6) is -10.6. The maximum atomic E-state index is 12.5. The summed E-state index contributed by atoms with van der Waals surface area (Å²) in [7, 11) is -1.95. The molecule has 2 rings (SSSR count). The highest BCUT2D eigenvalue weighted by Crippen LogP contribution is 2.40. The number of hydrogen-bond donors (Lipinski definition) is 6. The van der Waals surface area contributed by atoms with Gasteiger partial charge in [-0.2, -0.15) is 0 Å². The summed E-state index contributed by atoms with van der Waals surface area (Å²) < 4.78 is 12.5. The fraction of sp³-hybridized carbons (Fsp3) is 0.200. The molecule has 0 fully saturated rings. The molecule has 6 N–H and O–H groups in total. The second-order valence-electron chi connectivity index (χ2n) is 6.82. The van der Waals surface area contributed by atoms with E-state index >= 15 is 0 Å². The minimum Gasteiger partial charge on any atom is -0.505 e. The fourth-order valence-corrected chi connectivity index (χ4v) is 5.17. The molecule has 0 aromatic heterocycles. The van der Waals surface area contributed by atoms with Crippen LogP contribution < -0.4 is 0 Å². The molecule has 11 nitrogen and oxygen atoms in total. The third-order valence-electron chi connectivity index (χ3n) is 4.30. The summed E-state index contributed by atoms with van der Waals surface area (Å²) in [5.41, 5.74) is 0. The number of phenols is 2. The second kappa shape index (κ2) is 13.5. The zero-order chi connectivity index (χ0) is 27.9. The van der Waals surface area contributed by atoms with Gasteiger partial charge in [-0.05, 0) is 24.3 Å². The first-order valence-electron chi connectivity index (χ1n) is 9.23. The quantitative estimate of drug-likeness (QED) is 0.238. The van der Waals surface area contributed by atoms with Crippen LogP contribution in [0, 0.1) is 11.8 Å². The van der Waals surface area contributed by atoms with Crippen LogP contribution in [0.3, 0.4) is 0 Å². The van der Waals surface area contributed by atoms with Crippen LogP contribution in [0.2, 0.25) is 20.1 Å². The molecule has 2 atom stereocenters. The first-order chi connectivity index (χ1) is 16.6. The highest BCUT2D eigenvalue weighted by molar-refractivity contribution is 7.85. The number of carboxylic acid groups (broad SMARTS) is 4. The average molecular weight is 606 g/mol. The molecule has 0 saturated carbocycles. The Morgan fingerprint density at radius 3 is 1.22 bits per heavy atom. The number of phenolic OH excluding ortho intramolecular Hbond substituents is 2. The van der Waals surface area contributed by atoms with Gasteiger partial charge in [-0.15, -0.1) is 0 Å². The van der Waals surface area contributed by atoms with Crippen LogP contribution in [-0.2, 0) is 30.0 Å². The number of aromatic hydroxyl groups is 2. The van der Waals surface area contributed by atoms with Crippen molar-refractivity contribution in [1.29, 1.82) is 0 Å². The first kappa shape index (κ1) is 31.3. The highest BCUT2D eigenvalue weighted by atomic mass is 35.5. The third kappa shape index (κ3) is 8.71. The topological polar surface area (TPSA) is 207 Å². The number of carbonyl (C=O) groups is 4. The van der Waals surface area contributed by atoms with Gasteiger partial charge in [0.2, 0.25) is 0 Å². The number of carboxylic acids is 4. The first-order valence-corrected chi connectivity index (χ1v) is 11.9. The maximum absolute atomic E-state index is 12.5. The lowest BCUT2D eigenvalue weighted by molar-refractivity contribution is -0.160. The van der Waals surface area contributed by atoms with E-state index in [2.05, 4.69) is 0 Å². The summed E-state index contributed by atoms with van der Waals surface area (Å²) in [5, 5.41) is 54.1. The number of hydrogen-bond acceptors (Lipinski definition) is 7. The van der Waals surface area contributed by atoms with Gasteiger partial charge in [0.15, 0.2) is 11.5 Å². The zero-order valence-corrected chi connectivity index (χ0v) is 21.4. The number of rotatable bonds is 9. The van der Waals surface area contributed by atoms with E-state index in [-0.39, 0.29) is 41.4 Å². The summed E-state index contributed by atoms with van der Waals surface area (Å²) in [6.45, 7) is 0. The van der Waals surface area contributed by atoms with E-state index in [4.69, 9.17) is 66.8 Å². The Kier molecular flexibility index (Phi) is 11.7. The van der Waals surface area contributed by atoms with Crippen LogP contribution in [0.1, 0.15) is 12.8 Å². The predicted molar refractivity (Wildman–Crippen MR) is 128 cm³/mol. The number of aliphatic carboxylic acids is 4. The van der Waals surface area contributed by atoms with Gasteiger partial charge in [0, 0.05) is 10.0 Å². The monoisotopic (exact) mass is 604 g/mol. The van der Waals surface area contributed by atoms with Gasteiger partial charge >= 0.3 is 23.9 Å². The van der Waals surface area contributed by atoms with Crippen LogP contribution in [0.4, 0.5) is 0 Å². The molecule has 0 saturated heterocycles. The Labute approximate surface area is 224 Å². The van der Waals surface area contributed by atoms with Gasteiger partial charge in [-0.1, -0.05) is 46.4 Å². The van der Waals surface area contributed by atoms with Crippen molar-refractivity contribution in [2.45, 2.75) is 22.6 Å².